The molecule has 0 radical (unpaired) electrons. The van der Waals surface area contributed by atoms with Crippen molar-refractivity contribution in [3.8, 4) is 0 Å². The molecular weight excluding hydrogens is 266 g/mol. The van der Waals surface area contributed by atoms with E-state index in [0.717, 1.165) is 5.56 Å². The first kappa shape index (κ1) is 15.2. The topological polar surface area (TPSA) is 55.4 Å². The molecule has 0 aliphatic heterocycles. The quantitative estimate of drug-likeness (QED) is 0.868. The van der Waals surface area contributed by atoms with Crippen molar-refractivity contribution in [2.75, 3.05) is 7.11 Å². The van der Waals surface area contributed by atoms with Gasteiger partial charge in [-0.2, -0.15) is 0 Å². The number of carbonyl (C=O) groups excluding carboxylic acids is 2. The molecule has 0 saturated heterocycles. The monoisotopic (exact) mass is 285 g/mol. The standard InChI is InChI=1S/C17H19NO3/c1-11-6-5-7-14(8-11)16(20)18-17(21-4)12(2)9-15(19)10-13(17)3/h5-10H,1-4H3,(H,18,20). The molecule has 1 N–H and O–H groups in total. The summed E-state index contributed by atoms with van der Waals surface area (Å²) in [5.74, 6) is -0.335. The van der Waals surface area contributed by atoms with Crippen LogP contribution in [0.3, 0.4) is 0 Å². The number of hydrogen-bond donors (Lipinski definition) is 1. The van der Waals surface area contributed by atoms with Gasteiger partial charge < -0.3 is 10.1 Å². The summed E-state index contributed by atoms with van der Waals surface area (Å²) in [6.45, 7) is 5.47. The van der Waals surface area contributed by atoms with Crippen molar-refractivity contribution < 1.29 is 14.3 Å². The molecule has 21 heavy (non-hydrogen) atoms. The van der Waals surface area contributed by atoms with Crippen molar-refractivity contribution >= 4 is 11.7 Å². The molecule has 1 aliphatic rings. The first-order valence-electron chi connectivity index (χ1n) is 6.75. The summed E-state index contributed by atoms with van der Waals surface area (Å²) in [7, 11) is 1.51. The molecule has 4 heteroatoms. The summed E-state index contributed by atoms with van der Waals surface area (Å²) in [4.78, 5) is 24.0. The lowest BCUT2D eigenvalue weighted by atomic mass is 9.89. The Morgan fingerprint density at radius 2 is 1.76 bits per heavy atom. The molecule has 1 amide bonds. The van der Waals surface area contributed by atoms with Crippen LogP contribution in [-0.4, -0.2) is 24.5 Å². The fourth-order valence-electron chi connectivity index (χ4n) is 2.57. The number of amides is 1. The SMILES string of the molecule is COC1(NC(=O)c2cccc(C)c2)C(C)=CC(=O)C=C1C. The summed E-state index contributed by atoms with van der Waals surface area (Å²) in [5.41, 5.74) is 1.83. The minimum Gasteiger partial charge on any atom is -0.351 e. The molecule has 4 nitrogen and oxygen atoms in total. The maximum absolute atomic E-state index is 12.5. The number of ether oxygens (including phenoxy) is 1. The van der Waals surface area contributed by atoms with E-state index in [2.05, 4.69) is 5.32 Å². The third-order valence-corrected chi connectivity index (χ3v) is 3.70. The highest BCUT2D eigenvalue weighted by Crippen LogP contribution is 2.30. The van der Waals surface area contributed by atoms with Crippen molar-refractivity contribution in [1.29, 1.82) is 0 Å². The Labute approximate surface area is 124 Å². The molecular formula is C17H19NO3. The molecule has 1 aliphatic carbocycles. The number of allylic oxidation sites excluding steroid dienone is 2. The lowest BCUT2D eigenvalue weighted by Gasteiger charge is -2.37. The summed E-state index contributed by atoms with van der Waals surface area (Å²) in [5, 5.41) is 2.90. The first-order chi connectivity index (χ1) is 9.89. The van der Waals surface area contributed by atoms with E-state index in [9.17, 15) is 9.59 Å². The fraction of sp³-hybridized carbons (Fsp3) is 0.294. The Morgan fingerprint density at radius 3 is 2.29 bits per heavy atom. The molecule has 0 spiro atoms. The van der Waals surface area contributed by atoms with E-state index in [4.69, 9.17) is 4.74 Å². The van der Waals surface area contributed by atoms with Gasteiger partial charge >= 0.3 is 0 Å². The second-order valence-electron chi connectivity index (χ2n) is 5.27. The smallest absolute Gasteiger partial charge is 0.254 e. The average molecular weight is 285 g/mol. The predicted molar refractivity (Wildman–Crippen MR) is 80.9 cm³/mol. The molecule has 0 heterocycles. The van der Waals surface area contributed by atoms with Crippen molar-refractivity contribution in [2.24, 2.45) is 0 Å². The van der Waals surface area contributed by atoms with Gasteiger partial charge in [-0.3, -0.25) is 9.59 Å². The van der Waals surface area contributed by atoms with Crippen LogP contribution in [0.1, 0.15) is 29.8 Å². The van der Waals surface area contributed by atoms with E-state index >= 15 is 0 Å². The van der Waals surface area contributed by atoms with Crippen LogP contribution in [0.2, 0.25) is 0 Å². The number of aryl methyl sites for hydroxylation is 1. The summed E-state index contributed by atoms with van der Waals surface area (Å²) < 4.78 is 5.55. The minimum atomic E-state index is -1.06. The highest BCUT2D eigenvalue weighted by Gasteiger charge is 2.38. The summed E-state index contributed by atoms with van der Waals surface area (Å²) >= 11 is 0. The summed E-state index contributed by atoms with van der Waals surface area (Å²) in [6.07, 6.45) is 2.96. The highest BCUT2D eigenvalue weighted by molar-refractivity contribution is 6.03. The van der Waals surface area contributed by atoms with E-state index in [1.807, 2.05) is 25.1 Å². The van der Waals surface area contributed by atoms with E-state index in [0.29, 0.717) is 16.7 Å². The molecule has 110 valence electrons. The highest BCUT2D eigenvalue weighted by atomic mass is 16.5. The Morgan fingerprint density at radius 1 is 1.14 bits per heavy atom. The molecule has 0 saturated carbocycles. The number of ketones is 1. The zero-order chi connectivity index (χ0) is 15.6. The number of benzene rings is 1. The molecule has 0 atom stereocenters. The zero-order valence-corrected chi connectivity index (χ0v) is 12.7. The van der Waals surface area contributed by atoms with E-state index < -0.39 is 5.72 Å². The molecule has 0 fully saturated rings. The van der Waals surface area contributed by atoms with Gasteiger partial charge in [0, 0.05) is 12.7 Å². The van der Waals surface area contributed by atoms with Crippen molar-refractivity contribution in [2.45, 2.75) is 26.5 Å². The van der Waals surface area contributed by atoms with Crippen molar-refractivity contribution in [3.63, 3.8) is 0 Å². The Balaban J connectivity index is 2.35. The Bertz CT molecular complexity index is 634. The summed E-state index contributed by atoms with van der Waals surface area (Å²) in [6, 6.07) is 7.32. The molecule has 1 aromatic carbocycles. The van der Waals surface area contributed by atoms with Crippen LogP contribution in [0.4, 0.5) is 0 Å². The Hall–Kier alpha value is -2.20. The normalized spacial score (nSPS) is 17.0. The third-order valence-electron chi connectivity index (χ3n) is 3.70. The predicted octanol–water partition coefficient (Wildman–Crippen LogP) is 2.54. The molecule has 1 aromatic rings. The number of nitrogens with one attached hydrogen (secondary N) is 1. The van der Waals surface area contributed by atoms with Gasteiger partial charge in [0.15, 0.2) is 11.5 Å². The second kappa shape index (κ2) is 5.66. The van der Waals surface area contributed by atoms with Crippen LogP contribution in [0.25, 0.3) is 0 Å². The van der Waals surface area contributed by atoms with Crippen LogP contribution in [0, 0.1) is 6.92 Å². The molecule has 0 unspecified atom stereocenters. The fourth-order valence-corrected chi connectivity index (χ4v) is 2.57. The minimum absolute atomic E-state index is 0.0949. The van der Waals surface area contributed by atoms with Crippen LogP contribution in [0.15, 0.2) is 47.6 Å². The van der Waals surface area contributed by atoms with Crippen LogP contribution in [0.5, 0.6) is 0 Å². The number of hydrogen-bond acceptors (Lipinski definition) is 3. The van der Waals surface area contributed by atoms with Gasteiger partial charge in [-0.1, -0.05) is 17.7 Å². The van der Waals surface area contributed by atoms with Gasteiger partial charge in [0.2, 0.25) is 0 Å². The van der Waals surface area contributed by atoms with Crippen LogP contribution < -0.4 is 5.32 Å². The van der Waals surface area contributed by atoms with Crippen molar-refractivity contribution in [3.05, 3.63) is 58.7 Å². The molecule has 0 aromatic heterocycles. The number of methoxy groups -OCH3 is 1. The molecule has 2 rings (SSSR count). The third kappa shape index (κ3) is 2.81. The average Bonchev–Trinajstić information content (AvgIpc) is 2.42. The van der Waals surface area contributed by atoms with E-state index in [1.54, 1.807) is 19.9 Å². The number of rotatable bonds is 3. The van der Waals surface area contributed by atoms with E-state index in [-0.39, 0.29) is 11.7 Å². The van der Waals surface area contributed by atoms with Crippen LogP contribution >= 0.6 is 0 Å². The van der Waals surface area contributed by atoms with Crippen molar-refractivity contribution in [1.82, 2.24) is 5.32 Å². The van der Waals surface area contributed by atoms with Gasteiger partial charge in [0.1, 0.15) is 0 Å². The van der Waals surface area contributed by atoms with Gasteiger partial charge in [-0.05, 0) is 56.2 Å². The zero-order valence-electron chi connectivity index (χ0n) is 12.7. The first-order valence-corrected chi connectivity index (χ1v) is 6.75. The van der Waals surface area contributed by atoms with Gasteiger partial charge in [-0.25, -0.2) is 0 Å². The second-order valence-corrected chi connectivity index (χ2v) is 5.27. The van der Waals surface area contributed by atoms with Gasteiger partial charge in [0.05, 0.1) is 0 Å². The maximum atomic E-state index is 12.5. The largest absolute Gasteiger partial charge is 0.351 e. The van der Waals surface area contributed by atoms with E-state index in [1.165, 1.54) is 19.3 Å². The maximum Gasteiger partial charge on any atom is 0.254 e. The number of carbonyl (C=O) groups is 2. The lowest BCUT2D eigenvalue weighted by Crippen LogP contribution is -2.53. The van der Waals surface area contributed by atoms with Gasteiger partial charge in [0.25, 0.3) is 5.91 Å². The molecule has 0 bridgehead atoms. The van der Waals surface area contributed by atoms with Crippen LogP contribution in [-0.2, 0) is 9.53 Å². The Kier molecular flexibility index (Phi) is 4.09. The van der Waals surface area contributed by atoms with Gasteiger partial charge in [-0.15, -0.1) is 0 Å². The lowest BCUT2D eigenvalue weighted by molar-refractivity contribution is -0.111.